The molecular weight excluding hydrogens is 373 g/mol. The number of pyridine rings is 2. The van der Waals surface area contributed by atoms with Crippen molar-refractivity contribution in [1.82, 2.24) is 24.1 Å². The quantitative estimate of drug-likeness (QED) is 0.545. The van der Waals surface area contributed by atoms with Crippen molar-refractivity contribution in [2.45, 2.75) is 6.54 Å². The molecule has 0 atom stereocenters. The standard InChI is InChI=1S/C18H13Cl2N5O/c19-12-4-6-15-22-13(11-24(15)10-12)9-21-17(26)7-5-14-18(20)23-16-3-1-2-8-25(14)16/h1-8,10-11H,9H2,(H,21,26)/b7-5+. The highest BCUT2D eigenvalue weighted by molar-refractivity contribution is 6.31. The van der Waals surface area contributed by atoms with Crippen LogP contribution in [0.1, 0.15) is 11.4 Å². The van der Waals surface area contributed by atoms with E-state index < -0.39 is 0 Å². The lowest BCUT2D eigenvalue weighted by molar-refractivity contribution is -0.116. The van der Waals surface area contributed by atoms with E-state index in [1.165, 1.54) is 6.08 Å². The number of carbonyl (C=O) groups is 1. The summed E-state index contributed by atoms with van der Waals surface area (Å²) in [5.41, 5.74) is 2.88. The summed E-state index contributed by atoms with van der Waals surface area (Å²) < 4.78 is 3.63. The molecule has 8 heteroatoms. The minimum Gasteiger partial charge on any atom is -0.347 e. The van der Waals surface area contributed by atoms with Crippen molar-refractivity contribution in [2.24, 2.45) is 0 Å². The molecule has 0 unspecified atom stereocenters. The van der Waals surface area contributed by atoms with Crippen molar-refractivity contribution in [3.05, 3.63) is 76.6 Å². The van der Waals surface area contributed by atoms with Gasteiger partial charge in [-0.1, -0.05) is 29.3 Å². The molecule has 0 spiro atoms. The molecule has 4 aromatic rings. The van der Waals surface area contributed by atoms with Gasteiger partial charge >= 0.3 is 0 Å². The Morgan fingerprint density at radius 2 is 2.00 bits per heavy atom. The second kappa shape index (κ2) is 6.82. The fraction of sp³-hybridized carbons (Fsp3) is 0.0556. The predicted octanol–water partition coefficient (Wildman–Crippen LogP) is 3.62. The number of carbonyl (C=O) groups excluding carboxylic acids is 1. The largest absolute Gasteiger partial charge is 0.347 e. The van der Waals surface area contributed by atoms with Crippen LogP contribution in [-0.2, 0) is 11.3 Å². The zero-order valence-corrected chi connectivity index (χ0v) is 14.9. The highest BCUT2D eigenvalue weighted by Crippen LogP contribution is 2.18. The van der Waals surface area contributed by atoms with E-state index in [1.807, 2.05) is 45.5 Å². The van der Waals surface area contributed by atoms with Crippen molar-refractivity contribution in [2.75, 3.05) is 0 Å². The lowest BCUT2D eigenvalue weighted by Gasteiger charge is -1.99. The Labute approximate surface area is 158 Å². The van der Waals surface area contributed by atoms with E-state index >= 15 is 0 Å². The summed E-state index contributed by atoms with van der Waals surface area (Å²) in [4.78, 5) is 20.8. The van der Waals surface area contributed by atoms with Gasteiger partial charge in [-0.15, -0.1) is 0 Å². The molecule has 0 saturated heterocycles. The molecule has 4 rings (SSSR count). The van der Waals surface area contributed by atoms with Gasteiger partial charge in [-0.2, -0.15) is 0 Å². The van der Waals surface area contributed by atoms with E-state index in [0.29, 0.717) is 22.4 Å². The third-order valence-electron chi connectivity index (χ3n) is 3.82. The van der Waals surface area contributed by atoms with E-state index in [1.54, 1.807) is 18.3 Å². The van der Waals surface area contributed by atoms with E-state index in [4.69, 9.17) is 23.2 Å². The summed E-state index contributed by atoms with van der Waals surface area (Å²) in [6.07, 6.45) is 8.50. The summed E-state index contributed by atoms with van der Waals surface area (Å²) in [5.74, 6) is -0.248. The maximum atomic E-state index is 12.1. The number of imidazole rings is 2. The van der Waals surface area contributed by atoms with Crippen molar-refractivity contribution in [3.8, 4) is 0 Å². The second-order valence-electron chi connectivity index (χ2n) is 5.61. The van der Waals surface area contributed by atoms with Crippen LogP contribution in [0, 0.1) is 0 Å². The van der Waals surface area contributed by atoms with Gasteiger partial charge in [0.15, 0.2) is 5.15 Å². The number of aromatic nitrogens is 4. The number of amides is 1. The number of hydrogen-bond donors (Lipinski definition) is 1. The molecule has 6 nitrogen and oxygen atoms in total. The summed E-state index contributed by atoms with van der Waals surface area (Å²) in [6.45, 7) is 0.309. The van der Waals surface area contributed by atoms with Gasteiger partial charge in [-0.05, 0) is 30.3 Å². The maximum absolute atomic E-state index is 12.1. The fourth-order valence-electron chi connectivity index (χ4n) is 2.63. The van der Waals surface area contributed by atoms with Crippen LogP contribution < -0.4 is 5.32 Å². The normalized spacial score (nSPS) is 11.6. The smallest absolute Gasteiger partial charge is 0.244 e. The number of fused-ring (bicyclic) bond motifs is 2. The Bertz CT molecular complexity index is 1150. The SMILES string of the molecule is O=C(/C=C/c1c(Cl)nc2ccccn12)NCc1cn2cc(Cl)ccc2n1. The number of nitrogens with one attached hydrogen (secondary N) is 1. The average molecular weight is 386 g/mol. The Morgan fingerprint density at radius 3 is 2.88 bits per heavy atom. The van der Waals surface area contributed by atoms with Gasteiger partial charge in [0.2, 0.25) is 5.91 Å². The molecule has 130 valence electrons. The van der Waals surface area contributed by atoms with Gasteiger partial charge in [0, 0.05) is 24.7 Å². The van der Waals surface area contributed by atoms with Gasteiger partial charge in [0.25, 0.3) is 0 Å². The van der Waals surface area contributed by atoms with Gasteiger partial charge in [0.1, 0.15) is 11.3 Å². The van der Waals surface area contributed by atoms with Crippen LogP contribution >= 0.6 is 23.2 Å². The van der Waals surface area contributed by atoms with E-state index in [0.717, 1.165) is 17.0 Å². The van der Waals surface area contributed by atoms with Crippen molar-refractivity contribution < 1.29 is 4.79 Å². The Kier molecular flexibility index (Phi) is 4.36. The Balaban J connectivity index is 1.46. The van der Waals surface area contributed by atoms with Gasteiger partial charge in [-0.3, -0.25) is 9.20 Å². The van der Waals surface area contributed by atoms with Crippen molar-refractivity contribution in [1.29, 1.82) is 0 Å². The Morgan fingerprint density at radius 1 is 1.12 bits per heavy atom. The number of halogens is 2. The third-order valence-corrected chi connectivity index (χ3v) is 4.32. The van der Waals surface area contributed by atoms with Crippen LogP contribution in [0.2, 0.25) is 10.2 Å². The number of rotatable bonds is 4. The predicted molar refractivity (Wildman–Crippen MR) is 101 cm³/mol. The highest BCUT2D eigenvalue weighted by atomic mass is 35.5. The molecule has 0 aromatic carbocycles. The van der Waals surface area contributed by atoms with E-state index in [9.17, 15) is 4.79 Å². The topological polar surface area (TPSA) is 63.7 Å². The van der Waals surface area contributed by atoms with Crippen molar-refractivity contribution >= 4 is 46.5 Å². The van der Waals surface area contributed by atoms with E-state index in [2.05, 4.69) is 15.3 Å². The van der Waals surface area contributed by atoms with Crippen LogP contribution in [0.4, 0.5) is 0 Å². The van der Waals surface area contributed by atoms with Crippen molar-refractivity contribution in [3.63, 3.8) is 0 Å². The number of nitrogens with zero attached hydrogens (tertiary/aromatic N) is 4. The first kappa shape index (κ1) is 16.6. The summed E-state index contributed by atoms with van der Waals surface area (Å²) in [6, 6.07) is 9.19. The molecule has 0 aliphatic carbocycles. The summed E-state index contributed by atoms with van der Waals surface area (Å²) in [7, 11) is 0. The molecule has 4 aromatic heterocycles. The fourth-order valence-corrected chi connectivity index (χ4v) is 3.04. The zero-order valence-electron chi connectivity index (χ0n) is 13.4. The molecule has 0 radical (unpaired) electrons. The maximum Gasteiger partial charge on any atom is 0.244 e. The summed E-state index contributed by atoms with van der Waals surface area (Å²) in [5, 5.41) is 3.77. The zero-order chi connectivity index (χ0) is 18.1. The molecule has 0 aliphatic heterocycles. The molecule has 1 amide bonds. The van der Waals surface area contributed by atoms with Crippen LogP contribution in [0.15, 0.2) is 55.0 Å². The number of hydrogen-bond acceptors (Lipinski definition) is 3. The molecule has 4 heterocycles. The highest BCUT2D eigenvalue weighted by Gasteiger charge is 2.08. The monoisotopic (exact) mass is 385 g/mol. The molecular formula is C18H13Cl2N5O. The minimum absolute atomic E-state index is 0.248. The average Bonchev–Trinajstić information content (AvgIpc) is 3.17. The lowest BCUT2D eigenvalue weighted by Crippen LogP contribution is -2.20. The first-order valence-electron chi connectivity index (χ1n) is 7.82. The van der Waals surface area contributed by atoms with Gasteiger partial charge < -0.3 is 9.72 Å². The molecule has 0 aliphatic rings. The summed E-state index contributed by atoms with van der Waals surface area (Å²) >= 11 is 12.1. The molecule has 0 bridgehead atoms. The molecule has 0 fully saturated rings. The van der Waals surface area contributed by atoms with Crippen LogP contribution in [-0.4, -0.2) is 24.7 Å². The molecule has 26 heavy (non-hydrogen) atoms. The van der Waals surface area contributed by atoms with Gasteiger partial charge in [-0.25, -0.2) is 9.97 Å². The lowest BCUT2D eigenvalue weighted by atomic mass is 10.3. The second-order valence-corrected chi connectivity index (χ2v) is 6.41. The van der Waals surface area contributed by atoms with Crippen LogP contribution in [0.5, 0.6) is 0 Å². The van der Waals surface area contributed by atoms with Crippen LogP contribution in [0.3, 0.4) is 0 Å². The third kappa shape index (κ3) is 3.29. The van der Waals surface area contributed by atoms with Crippen LogP contribution in [0.25, 0.3) is 17.4 Å². The Hall–Kier alpha value is -2.83. The van der Waals surface area contributed by atoms with E-state index in [-0.39, 0.29) is 5.91 Å². The van der Waals surface area contributed by atoms with Gasteiger partial charge in [0.05, 0.1) is 23.0 Å². The first-order chi connectivity index (χ1) is 12.6. The minimum atomic E-state index is -0.248. The molecule has 0 saturated carbocycles. The molecule has 1 N–H and O–H groups in total. The first-order valence-corrected chi connectivity index (χ1v) is 8.57.